The van der Waals surface area contributed by atoms with Crippen LogP contribution in [0.15, 0.2) is 83.3 Å². The van der Waals surface area contributed by atoms with Crippen molar-refractivity contribution in [2.45, 2.75) is 37.6 Å². The van der Waals surface area contributed by atoms with Crippen LogP contribution >= 0.6 is 0 Å². The van der Waals surface area contributed by atoms with Gasteiger partial charge in [0.1, 0.15) is 11.6 Å². The van der Waals surface area contributed by atoms with Gasteiger partial charge in [0.05, 0.1) is 30.8 Å². The first-order valence-corrected chi connectivity index (χ1v) is 16.6. The minimum absolute atomic E-state index is 0.171. The standard InChI is InChI=1S/C33H36N4O7S/c1-23-9-5-6-12-25(23)21-45(41,42)22-28(36-33(40)37-17-19-43-20-18-37)31(39)34-27(16-15-24-10-3-2-4-11-24)30(38)32-35-26-13-7-8-14-29(26)44-32/h2-14,27-28H,15-22H2,1H3,(H,34,39)(H,36,40)/t27?,28-/m1/s1. The predicted molar refractivity (Wildman–Crippen MR) is 168 cm³/mol. The van der Waals surface area contributed by atoms with Crippen LogP contribution in [0.3, 0.4) is 0 Å². The number of nitrogens with one attached hydrogen (secondary N) is 2. The summed E-state index contributed by atoms with van der Waals surface area (Å²) in [6, 6.07) is 20.3. The summed E-state index contributed by atoms with van der Waals surface area (Å²) in [5, 5.41) is 5.34. The molecular formula is C33H36N4O7S. The van der Waals surface area contributed by atoms with Crippen molar-refractivity contribution in [3.05, 3.63) is 101 Å². The molecule has 2 atom stereocenters. The molecule has 45 heavy (non-hydrogen) atoms. The molecule has 4 aromatic rings. The highest BCUT2D eigenvalue weighted by molar-refractivity contribution is 7.90. The van der Waals surface area contributed by atoms with E-state index in [4.69, 9.17) is 9.15 Å². The molecule has 12 heteroatoms. The minimum Gasteiger partial charge on any atom is -0.434 e. The number of para-hydroxylation sites is 2. The Morgan fingerprint density at radius 2 is 1.58 bits per heavy atom. The summed E-state index contributed by atoms with van der Waals surface area (Å²) in [6.07, 6.45) is 0.627. The highest BCUT2D eigenvalue weighted by Gasteiger charge is 2.34. The molecule has 5 rings (SSSR count). The number of ketones is 1. The molecule has 236 valence electrons. The Morgan fingerprint density at radius 1 is 0.889 bits per heavy atom. The predicted octanol–water partition coefficient (Wildman–Crippen LogP) is 3.46. The third-order valence-electron chi connectivity index (χ3n) is 7.67. The number of Topliss-reactive ketones (excluding diaryl/α,β-unsaturated/α-hetero) is 1. The summed E-state index contributed by atoms with van der Waals surface area (Å²) in [7, 11) is -3.89. The van der Waals surface area contributed by atoms with E-state index in [2.05, 4.69) is 15.6 Å². The molecule has 1 aliphatic rings. The first-order valence-electron chi connectivity index (χ1n) is 14.8. The van der Waals surface area contributed by atoms with Crippen LogP contribution < -0.4 is 10.6 Å². The number of oxazole rings is 1. The molecule has 0 radical (unpaired) electrons. The van der Waals surface area contributed by atoms with Crippen molar-refractivity contribution >= 4 is 38.7 Å². The number of nitrogens with zero attached hydrogens (tertiary/aromatic N) is 2. The van der Waals surface area contributed by atoms with Gasteiger partial charge in [-0.3, -0.25) is 9.59 Å². The van der Waals surface area contributed by atoms with Gasteiger partial charge in [-0.1, -0.05) is 66.7 Å². The van der Waals surface area contributed by atoms with Gasteiger partial charge in [0.15, 0.2) is 15.4 Å². The van der Waals surface area contributed by atoms with Crippen molar-refractivity contribution in [1.82, 2.24) is 20.5 Å². The van der Waals surface area contributed by atoms with Gasteiger partial charge in [0.2, 0.25) is 11.7 Å². The first-order chi connectivity index (χ1) is 21.7. The second-order valence-electron chi connectivity index (χ2n) is 11.0. The molecule has 0 spiro atoms. The average molecular weight is 633 g/mol. The Morgan fingerprint density at radius 3 is 2.31 bits per heavy atom. The number of sulfone groups is 1. The third kappa shape index (κ3) is 8.55. The fraction of sp³-hybridized carbons (Fsp3) is 0.333. The fourth-order valence-corrected chi connectivity index (χ4v) is 6.79. The largest absolute Gasteiger partial charge is 0.434 e. The van der Waals surface area contributed by atoms with Gasteiger partial charge in [0.25, 0.3) is 5.89 Å². The highest BCUT2D eigenvalue weighted by Crippen LogP contribution is 2.18. The third-order valence-corrected chi connectivity index (χ3v) is 9.26. The molecule has 0 saturated carbocycles. The zero-order valence-electron chi connectivity index (χ0n) is 25.0. The van der Waals surface area contributed by atoms with Crippen LogP contribution in [0.5, 0.6) is 0 Å². The molecule has 0 bridgehead atoms. The van der Waals surface area contributed by atoms with E-state index in [1.807, 2.05) is 49.4 Å². The summed E-state index contributed by atoms with van der Waals surface area (Å²) >= 11 is 0. The van der Waals surface area contributed by atoms with E-state index in [9.17, 15) is 22.8 Å². The van der Waals surface area contributed by atoms with Crippen LogP contribution in [0.25, 0.3) is 11.1 Å². The zero-order valence-corrected chi connectivity index (χ0v) is 25.8. The maximum absolute atomic E-state index is 13.9. The lowest BCUT2D eigenvalue weighted by atomic mass is 10.0. The van der Waals surface area contributed by atoms with Crippen molar-refractivity contribution in [2.75, 3.05) is 32.1 Å². The Balaban J connectivity index is 1.39. The lowest BCUT2D eigenvalue weighted by Gasteiger charge is -2.29. The summed E-state index contributed by atoms with van der Waals surface area (Å²) in [4.78, 5) is 46.5. The Kier molecular flexibility index (Phi) is 10.3. The second kappa shape index (κ2) is 14.5. The number of aromatic nitrogens is 1. The van der Waals surface area contributed by atoms with E-state index in [0.29, 0.717) is 49.4 Å². The molecule has 1 aromatic heterocycles. The average Bonchev–Trinajstić information content (AvgIpc) is 3.48. The Hall–Kier alpha value is -4.55. The van der Waals surface area contributed by atoms with Crippen molar-refractivity contribution in [1.29, 1.82) is 0 Å². The van der Waals surface area contributed by atoms with E-state index < -0.39 is 45.4 Å². The number of rotatable bonds is 12. The van der Waals surface area contributed by atoms with Crippen LogP contribution in [0.4, 0.5) is 4.79 Å². The Labute approximate surface area is 261 Å². The number of urea groups is 1. The number of fused-ring (bicyclic) bond motifs is 1. The highest BCUT2D eigenvalue weighted by atomic mass is 32.2. The number of hydrogen-bond acceptors (Lipinski definition) is 8. The molecule has 1 aliphatic heterocycles. The molecule has 11 nitrogen and oxygen atoms in total. The summed E-state index contributed by atoms with van der Waals surface area (Å²) in [6.45, 7) is 3.06. The second-order valence-corrected chi connectivity index (χ2v) is 13.1. The molecule has 2 heterocycles. The van der Waals surface area contributed by atoms with E-state index in [1.165, 1.54) is 4.90 Å². The minimum atomic E-state index is -3.89. The molecule has 0 aliphatic carbocycles. The van der Waals surface area contributed by atoms with Gasteiger partial charge in [-0.05, 0) is 48.6 Å². The summed E-state index contributed by atoms with van der Waals surface area (Å²) < 4.78 is 37.9. The van der Waals surface area contributed by atoms with Crippen LogP contribution in [0.1, 0.15) is 33.8 Å². The smallest absolute Gasteiger partial charge is 0.318 e. The first kappa shape index (κ1) is 31.9. The van der Waals surface area contributed by atoms with Gasteiger partial charge in [-0.25, -0.2) is 18.2 Å². The monoisotopic (exact) mass is 632 g/mol. The van der Waals surface area contributed by atoms with E-state index >= 15 is 0 Å². The lowest BCUT2D eigenvalue weighted by Crippen LogP contribution is -2.57. The SMILES string of the molecule is Cc1ccccc1CS(=O)(=O)C[C@@H](NC(=O)N1CCOCC1)C(=O)NC(CCc1ccccc1)C(=O)c1nc2ccccc2o1. The van der Waals surface area contributed by atoms with Gasteiger partial charge in [-0.15, -0.1) is 0 Å². The number of carbonyl (C=O) groups excluding carboxylic acids is 3. The summed E-state index contributed by atoms with van der Waals surface area (Å²) in [5.74, 6) is -2.50. The van der Waals surface area contributed by atoms with Crippen molar-refractivity contribution in [2.24, 2.45) is 0 Å². The molecule has 1 saturated heterocycles. The van der Waals surface area contributed by atoms with Crippen LogP contribution in [-0.2, 0) is 31.5 Å². The molecular weight excluding hydrogens is 596 g/mol. The number of carbonyl (C=O) groups is 3. The van der Waals surface area contributed by atoms with Crippen molar-refractivity contribution < 1.29 is 32.0 Å². The Bertz CT molecular complexity index is 1720. The van der Waals surface area contributed by atoms with Gasteiger partial charge < -0.3 is 24.7 Å². The molecule has 3 aromatic carbocycles. The van der Waals surface area contributed by atoms with Crippen LogP contribution in [0.2, 0.25) is 0 Å². The number of ether oxygens (including phenoxy) is 1. The van der Waals surface area contributed by atoms with Gasteiger partial charge in [0, 0.05) is 13.1 Å². The lowest BCUT2D eigenvalue weighted by molar-refractivity contribution is -0.123. The zero-order chi connectivity index (χ0) is 31.8. The molecule has 1 fully saturated rings. The van der Waals surface area contributed by atoms with Crippen LogP contribution in [0, 0.1) is 6.92 Å². The molecule has 2 N–H and O–H groups in total. The van der Waals surface area contributed by atoms with E-state index in [-0.39, 0.29) is 18.1 Å². The maximum atomic E-state index is 13.9. The number of aryl methyl sites for hydroxylation is 2. The number of amides is 3. The quantitative estimate of drug-likeness (QED) is 0.226. The number of morpholine rings is 1. The van der Waals surface area contributed by atoms with Crippen molar-refractivity contribution in [3.63, 3.8) is 0 Å². The van der Waals surface area contributed by atoms with Crippen molar-refractivity contribution in [3.8, 4) is 0 Å². The molecule has 1 unspecified atom stereocenters. The number of hydrogen-bond donors (Lipinski definition) is 2. The van der Waals surface area contributed by atoms with Gasteiger partial charge >= 0.3 is 6.03 Å². The fourth-order valence-electron chi connectivity index (χ4n) is 5.13. The number of benzene rings is 3. The maximum Gasteiger partial charge on any atom is 0.318 e. The van der Waals surface area contributed by atoms with Gasteiger partial charge in [-0.2, -0.15) is 0 Å². The normalized spacial score (nSPS) is 14.9. The van der Waals surface area contributed by atoms with Crippen LogP contribution in [-0.4, -0.2) is 80.2 Å². The summed E-state index contributed by atoms with van der Waals surface area (Å²) in [5.41, 5.74) is 3.26. The topological polar surface area (TPSA) is 148 Å². The molecule has 3 amide bonds. The van der Waals surface area contributed by atoms with E-state index in [1.54, 1.807) is 36.4 Å². The van der Waals surface area contributed by atoms with E-state index in [0.717, 1.165) is 11.1 Å².